The van der Waals surface area contributed by atoms with Gasteiger partial charge in [0.2, 0.25) is 5.91 Å². The Labute approximate surface area is 207 Å². The Morgan fingerprint density at radius 2 is 1.62 bits per heavy atom. The van der Waals surface area contributed by atoms with Gasteiger partial charge in [-0.3, -0.25) is 9.69 Å². The van der Waals surface area contributed by atoms with Crippen LogP contribution in [0.15, 0.2) is 88.7 Å². The number of carbonyl (C=O) groups excluding carboxylic acids is 1. The molecule has 3 aromatic carbocycles. The molecule has 1 saturated heterocycles. The summed E-state index contributed by atoms with van der Waals surface area (Å²) < 4.78 is 5.24. The Balaban J connectivity index is 1.26. The van der Waals surface area contributed by atoms with Gasteiger partial charge in [-0.15, -0.1) is 0 Å². The number of carbonyl (C=O) groups is 1. The third kappa shape index (κ3) is 6.63. The summed E-state index contributed by atoms with van der Waals surface area (Å²) in [5.74, 6) is 0.943. The van der Waals surface area contributed by atoms with Crippen LogP contribution in [0.25, 0.3) is 0 Å². The lowest BCUT2D eigenvalue weighted by Gasteiger charge is -2.37. The molecule has 1 fully saturated rings. The lowest BCUT2D eigenvalue weighted by Crippen LogP contribution is -2.53. The maximum atomic E-state index is 13.1. The van der Waals surface area contributed by atoms with E-state index < -0.39 is 0 Å². The number of anilines is 1. The van der Waals surface area contributed by atoms with E-state index in [2.05, 4.69) is 45.4 Å². The molecular weight excluding hydrogens is 442 g/mol. The number of hydrogen-bond acceptors (Lipinski definition) is 5. The van der Waals surface area contributed by atoms with Crippen molar-refractivity contribution in [2.75, 3.05) is 45.2 Å². The van der Waals surface area contributed by atoms with Crippen molar-refractivity contribution in [1.82, 2.24) is 9.80 Å². The fourth-order valence-electron chi connectivity index (χ4n) is 4.13. The van der Waals surface area contributed by atoms with E-state index in [1.54, 1.807) is 18.9 Å². The Hall–Kier alpha value is -2.80. The van der Waals surface area contributed by atoms with Crippen molar-refractivity contribution in [3.05, 3.63) is 84.4 Å². The molecule has 1 N–H and O–H groups in total. The van der Waals surface area contributed by atoms with Gasteiger partial charge in [-0.1, -0.05) is 54.2 Å². The van der Waals surface area contributed by atoms with E-state index in [1.165, 1.54) is 5.56 Å². The second kappa shape index (κ2) is 12.1. The summed E-state index contributed by atoms with van der Waals surface area (Å²) in [5.41, 5.74) is 2.19. The van der Waals surface area contributed by atoms with E-state index in [0.29, 0.717) is 0 Å². The van der Waals surface area contributed by atoms with Crippen LogP contribution >= 0.6 is 11.8 Å². The SMILES string of the molecule is COc1ccc(CCN2CCN(C(C)C(=O)Nc3ccccc3Sc3ccccc3)CC2)cc1. The van der Waals surface area contributed by atoms with E-state index in [9.17, 15) is 4.79 Å². The number of para-hydroxylation sites is 1. The first-order chi connectivity index (χ1) is 16.6. The number of piperazine rings is 1. The van der Waals surface area contributed by atoms with Crippen molar-refractivity contribution in [3.8, 4) is 5.75 Å². The average Bonchev–Trinajstić information content (AvgIpc) is 2.89. The molecule has 0 aromatic heterocycles. The molecule has 178 valence electrons. The molecule has 0 bridgehead atoms. The lowest BCUT2D eigenvalue weighted by atomic mass is 10.1. The molecule has 0 saturated carbocycles. The van der Waals surface area contributed by atoms with Crippen molar-refractivity contribution in [2.45, 2.75) is 29.2 Å². The molecule has 1 aliphatic heterocycles. The zero-order chi connectivity index (χ0) is 23.8. The average molecular weight is 476 g/mol. The number of rotatable bonds is 9. The van der Waals surface area contributed by atoms with E-state index in [4.69, 9.17) is 4.74 Å². The van der Waals surface area contributed by atoms with Crippen molar-refractivity contribution in [1.29, 1.82) is 0 Å². The molecule has 1 amide bonds. The van der Waals surface area contributed by atoms with E-state index in [1.807, 2.05) is 55.5 Å². The highest BCUT2D eigenvalue weighted by Gasteiger charge is 2.26. The summed E-state index contributed by atoms with van der Waals surface area (Å²) >= 11 is 1.67. The van der Waals surface area contributed by atoms with Gasteiger partial charge in [-0.25, -0.2) is 0 Å². The van der Waals surface area contributed by atoms with Crippen LogP contribution in [0.3, 0.4) is 0 Å². The fraction of sp³-hybridized carbons (Fsp3) is 0.321. The van der Waals surface area contributed by atoms with Crippen LogP contribution in [0.1, 0.15) is 12.5 Å². The molecule has 0 aliphatic carbocycles. The first-order valence-corrected chi connectivity index (χ1v) is 12.7. The molecule has 1 aliphatic rings. The van der Waals surface area contributed by atoms with Gasteiger partial charge in [0.1, 0.15) is 5.75 Å². The van der Waals surface area contributed by atoms with Crippen LogP contribution in [0.5, 0.6) is 5.75 Å². The third-order valence-corrected chi connectivity index (χ3v) is 7.41. The molecule has 1 heterocycles. The molecule has 4 rings (SSSR count). The Morgan fingerprint density at radius 1 is 0.941 bits per heavy atom. The van der Waals surface area contributed by atoms with Gasteiger partial charge in [-0.05, 0) is 55.3 Å². The molecule has 1 atom stereocenters. The highest BCUT2D eigenvalue weighted by Crippen LogP contribution is 2.33. The lowest BCUT2D eigenvalue weighted by molar-refractivity contribution is -0.121. The minimum atomic E-state index is -0.168. The minimum Gasteiger partial charge on any atom is -0.497 e. The first kappa shape index (κ1) is 24.3. The van der Waals surface area contributed by atoms with Crippen LogP contribution in [-0.4, -0.2) is 61.6 Å². The fourth-order valence-corrected chi connectivity index (χ4v) is 5.05. The number of nitrogens with one attached hydrogen (secondary N) is 1. The number of amides is 1. The van der Waals surface area contributed by atoms with Gasteiger partial charge in [-0.2, -0.15) is 0 Å². The maximum Gasteiger partial charge on any atom is 0.241 e. The number of ether oxygens (including phenoxy) is 1. The monoisotopic (exact) mass is 475 g/mol. The summed E-state index contributed by atoms with van der Waals surface area (Å²) in [5, 5.41) is 3.17. The van der Waals surface area contributed by atoms with Crippen molar-refractivity contribution >= 4 is 23.4 Å². The van der Waals surface area contributed by atoms with Crippen molar-refractivity contribution < 1.29 is 9.53 Å². The highest BCUT2D eigenvalue weighted by molar-refractivity contribution is 7.99. The molecule has 0 spiro atoms. The van der Waals surface area contributed by atoms with Crippen LogP contribution in [0.4, 0.5) is 5.69 Å². The second-order valence-electron chi connectivity index (χ2n) is 8.55. The van der Waals surface area contributed by atoms with Gasteiger partial charge in [0.05, 0.1) is 18.8 Å². The number of methoxy groups -OCH3 is 1. The first-order valence-electron chi connectivity index (χ1n) is 11.8. The molecular formula is C28H33N3O2S. The third-order valence-electron chi connectivity index (χ3n) is 6.33. The Kier molecular flexibility index (Phi) is 8.63. The quantitative estimate of drug-likeness (QED) is 0.470. The predicted octanol–water partition coefficient (Wildman–Crippen LogP) is 5.03. The predicted molar refractivity (Wildman–Crippen MR) is 140 cm³/mol. The second-order valence-corrected chi connectivity index (χ2v) is 9.67. The van der Waals surface area contributed by atoms with Gasteiger partial charge in [0.25, 0.3) is 0 Å². The zero-order valence-corrected chi connectivity index (χ0v) is 20.8. The van der Waals surface area contributed by atoms with Gasteiger partial charge in [0.15, 0.2) is 0 Å². The van der Waals surface area contributed by atoms with Crippen LogP contribution in [-0.2, 0) is 11.2 Å². The summed E-state index contributed by atoms with van der Waals surface area (Å²) in [7, 11) is 1.69. The number of nitrogens with zero attached hydrogens (tertiary/aromatic N) is 2. The highest BCUT2D eigenvalue weighted by atomic mass is 32.2. The van der Waals surface area contributed by atoms with E-state index in [-0.39, 0.29) is 11.9 Å². The molecule has 0 radical (unpaired) electrons. The molecule has 5 nitrogen and oxygen atoms in total. The van der Waals surface area contributed by atoms with E-state index in [0.717, 1.165) is 60.4 Å². The van der Waals surface area contributed by atoms with Gasteiger partial charge >= 0.3 is 0 Å². The number of hydrogen-bond donors (Lipinski definition) is 1. The Bertz CT molecular complexity index is 1050. The largest absolute Gasteiger partial charge is 0.497 e. The molecule has 1 unspecified atom stereocenters. The van der Waals surface area contributed by atoms with Crippen LogP contribution < -0.4 is 10.1 Å². The van der Waals surface area contributed by atoms with Crippen molar-refractivity contribution in [2.24, 2.45) is 0 Å². The minimum absolute atomic E-state index is 0.0489. The summed E-state index contributed by atoms with van der Waals surface area (Å²) in [6, 6.07) is 26.4. The van der Waals surface area contributed by atoms with Crippen LogP contribution in [0.2, 0.25) is 0 Å². The molecule has 34 heavy (non-hydrogen) atoms. The standard InChI is InChI=1S/C28H33N3O2S/c1-22(28(32)29-26-10-6-7-11-27(26)34-25-8-4-3-5-9-25)31-20-18-30(19-21-31)17-16-23-12-14-24(33-2)15-13-23/h3-15,22H,16-21H2,1-2H3,(H,29,32). The summed E-state index contributed by atoms with van der Waals surface area (Å²) in [6.07, 6.45) is 1.02. The zero-order valence-electron chi connectivity index (χ0n) is 19.9. The maximum absolute atomic E-state index is 13.1. The van der Waals surface area contributed by atoms with Gasteiger partial charge < -0.3 is 15.0 Å². The van der Waals surface area contributed by atoms with Crippen LogP contribution in [0, 0.1) is 0 Å². The summed E-state index contributed by atoms with van der Waals surface area (Å²) in [6.45, 7) is 6.80. The normalized spacial score (nSPS) is 15.6. The van der Waals surface area contributed by atoms with Gasteiger partial charge in [0, 0.05) is 42.5 Å². The molecule has 6 heteroatoms. The smallest absolute Gasteiger partial charge is 0.241 e. The number of benzene rings is 3. The Morgan fingerprint density at radius 3 is 2.32 bits per heavy atom. The topological polar surface area (TPSA) is 44.8 Å². The van der Waals surface area contributed by atoms with E-state index >= 15 is 0 Å². The molecule has 3 aromatic rings. The summed E-state index contributed by atoms with van der Waals surface area (Å²) in [4.78, 5) is 20.1. The van der Waals surface area contributed by atoms with Crippen molar-refractivity contribution in [3.63, 3.8) is 0 Å².